The normalized spacial score (nSPS) is 15.9. The molecule has 126 valence electrons. The maximum atomic E-state index is 13.0. The van der Waals surface area contributed by atoms with Gasteiger partial charge in [-0.3, -0.25) is 0 Å². The highest BCUT2D eigenvalue weighted by Gasteiger charge is 2.33. The number of nitrogens with zero attached hydrogens (tertiary/aromatic N) is 1. The van der Waals surface area contributed by atoms with Crippen LogP contribution in [0.3, 0.4) is 0 Å². The Hall–Kier alpha value is -0.880. The maximum Gasteiger partial charge on any atom is 0.416 e. The lowest BCUT2D eigenvalue weighted by molar-refractivity contribution is -0.137. The van der Waals surface area contributed by atoms with Gasteiger partial charge in [0.15, 0.2) is 0 Å². The summed E-state index contributed by atoms with van der Waals surface area (Å²) < 4.78 is 52.7. The summed E-state index contributed by atoms with van der Waals surface area (Å²) in [6, 6.07) is 3.72. The third kappa shape index (κ3) is 4.56. The molecule has 0 aliphatic carbocycles. The zero-order chi connectivity index (χ0) is 17.3. The van der Waals surface area contributed by atoms with Crippen molar-refractivity contribution in [2.45, 2.75) is 58.0 Å². The summed E-state index contributed by atoms with van der Waals surface area (Å²) in [6.45, 7) is 9.13. The molecule has 1 aromatic rings. The van der Waals surface area contributed by atoms with Crippen molar-refractivity contribution in [3.8, 4) is 0 Å². The number of benzene rings is 1. The zero-order valence-electron chi connectivity index (χ0n) is 13.9. The predicted molar refractivity (Wildman–Crippen MR) is 84.9 cm³/mol. The Morgan fingerprint density at radius 2 is 1.73 bits per heavy atom. The molecule has 0 spiro atoms. The molecule has 0 radical (unpaired) electrons. The molecular weight excluding hydrogens is 311 g/mol. The Bertz CT molecular complexity index is 549. The van der Waals surface area contributed by atoms with Crippen molar-refractivity contribution in [3.05, 3.63) is 34.9 Å². The van der Waals surface area contributed by atoms with Crippen LogP contribution in [-0.4, -0.2) is 20.3 Å². The van der Waals surface area contributed by atoms with Crippen LogP contribution in [-0.2, 0) is 23.6 Å². The summed E-state index contributed by atoms with van der Waals surface area (Å²) in [4.78, 5) is 0. The predicted octanol–water partition coefficient (Wildman–Crippen LogP) is 4.72. The van der Waals surface area contributed by atoms with Crippen molar-refractivity contribution >= 4 is 11.0 Å². The van der Waals surface area contributed by atoms with Gasteiger partial charge in [-0.05, 0) is 57.4 Å². The molecule has 6 heteroatoms. The summed E-state index contributed by atoms with van der Waals surface area (Å²) in [5.41, 5.74) is 0.516. The van der Waals surface area contributed by atoms with Gasteiger partial charge in [-0.2, -0.15) is 13.2 Å². The van der Waals surface area contributed by atoms with Gasteiger partial charge in [0.25, 0.3) is 0 Å². The second kappa shape index (κ2) is 6.71. The van der Waals surface area contributed by atoms with E-state index in [4.69, 9.17) is 0 Å². The van der Waals surface area contributed by atoms with E-state index in [1.807, 2.05) is 27.7 Å². The molecule has 0 fully saturated rings. The van der Waals surface area contributed by atoms with Gasteiger partial charge in [0.1, 0.15) is 0 Å². The van der Waals surface area contributed by atoms with Gasteiger partial charge in [-0.15, -0.1) is 0 Å². The second-order valence-corrected chi connectivity index (χ2v) is 8.70. The minimum atomic E-state index is -4.37. The van der Waals surface area contributed by atoms with Crippen LogP contribution in [0.2, 0.25) is 0 Å². The SMILES string of the molecule is CCc1cc(C(C)N(C)S(=O)C(C)(C)C)cc(C(F)(F)F)c1. The lowest BCUT2D eigenvalue weighted by Crippen LogP contribution is -2.36. The van der Waals surface area contributed by atoms with E-state index in [1.165, 1.54) is 6.07 Å². The molecule has 0 N–H and O–H groups in total. The minimum absolute atomic E-state index is 0.368. The fourth-order valence-electron chi connectivity index (χ4n) is 2.11. The molecule has 0 amide bonds. The molecule has 2 nitrogen and oxygen atoms in total. The van der Waals surface area contributed by atoms with E-state index in [2.05, 4.69) is 0 Å². The first kappa shape index (κ1) is 19.2. The Morgan fingerprint density at radius 3 is 2.14 bits per heavy atom. The molecule has 0 bridgehead atoms. The zero-order valence-corrected chi connectivity index (χ0v) is 14.7. The first-order chi connectivity index (χ1) is 9.87. The number of hydrogen-bond donors (Lipinski definition) is 0. The summed E-state index contributed by atoms with van der Waals surface area (Å²) in [6.07, 6.45) is -3.85. The lowest BCUT2D eigenvalue weighted by Gasteiger charge is -2.31. The highest BCUT2D eigenvalue weighted by Crippen LogP contribution is 2.34. The number of rotatable bonds is 4. The van der Waals surface area contributed by atoms with Crippen molar-refractivity contribution in [2.24, 2.45) is 0 Å². The second-order valence-electron chi connectivity index (χ2n) is 6.40. The molecule has 0 aliphatic heterocycles. The highest BCUT2D eigenvalue weighted by molar-refractivity contribution is 7.84. The number of hydrogen-bond acceptors (Lipinski definition) is 1. The Balaban J connectivity index is 3.23. The van der Waals surface area contributed by atoms with Crippen molar-refractivity contribution < 1.29 is 17.4 Å². The van der Waals surface area contributed by atoms with Crippen LogP contribution in [0, 0.1) is 0 Å². The largest absolute Gasteiger partial charge is 0.416 e. The highest BCUT2D eigenvalue weighted by atomic mass is 32.2. The van der Waals surface area contributed by atoms with E-state index in [9.17, 15) is 17.4 Å². The van der Waals surface area contributed by atoms with E-state index in [0.717, 1.165) is 6.07 Å². The van der Waals surface area contributed by atoms with Gasteiger partial charge in [-0.1, -0.05) is 13.0 Å². The smallest absolute Gasteiger partial charge is 0.242 e. The Labute approximate surface area is 133 Å². The molecule has 2 atom stereocenters. The third-order valence-corrected chi connectivity index (χ3v) is 5.45. The van der Waals surface area contributed by atoms with Gasteiger partial charge in [0, 0.05) is 13.1 Å². The van der Waals surface area contributed by atoms with Gasteiger partial charge in [-0.25, -0.2) is 8.51 Å². The molecule has 0 aliphatic rings. The minimum Gasteiger partial charge on any atom is -0.242 e. The van der Waals surface area contributed by atoms with Gasteiger partial charge in [0.2, 0.25) is 0 Å². The topological polar surface area (TPSA) is 20.3 Å². The molecule has 1 rings (SSSR count). The summed E-state index contributed by atoms with van der Waals surface area (Å²) in [5, 5.41) is 0. The standard InChI is InChI=1S/C16H24F3NOS/c1-7-12-8-13(10-14(9-12)16(17,18)19)11(2)20(6)22(21)15(3,4)5/h8-11H,7H2,1-6H3. The van der Waals surface area contributed by atoms with E-state index in [-0.39, 0.29) is 6.04 Å². The van der Waals surface area contributed by atoms with Gasteiger partial charge >= 0.3 is 6.18 Å². The molecule has 22 heavy (non-hydrogen) atoms. The first-order valence-electron chi connectivity index (χ1n) is 7.23. The third-order valence-electron chi connectivity index (χ3n) is 3.56. The van der Waals surface area contributed by atoms with Crippen molar-refractivity contribution in [2.75, 3.05) is 7.05 Å². The number of halogens is 3. The molecule has 0 aromatic heterocycles. The number of alkyl halides is 3. The summed E-state index contributed by atoms with van der Waals surface area (Å²) >= 11 is 0. The molecular formula is C16H24F3NOS. The average Bonchev–Trinajstić information content (AvgIpc) is 2.42. The van der Waals surface area contributed by atoms with Crippen LogP contribution in [0.15, 0.2) is 18.2 Å². The van der Waals surface area contributed by atoms with Crippen LogP contribution in [0.5, 0.6) is 0 Å². The maximum absolute atomic E-state index is 13.0. The molecule has 2 unspecified atom stereocenters. The van der Waals surface area contributed by atoms with Crippen molar-refractivity contribution in [1.82, 2.24) is 4.31 Å². The first-order valence-corrected chi connectivity index (χ1v) is 8.34. The van der Waals surface area contributed by atoms with Crippen molar-refractivity contribution in [3.63, 3.8) is 0 Å². The number of aryl methyl sites for hydroxylation is 1. The van der Waals surface area contributed by atoms with Crippen LogP contribution < -0.4 is 0 Å². The van der Waals surface area contributed by atoms with E-state index < -0.39 is 27.5 Å². The summed E-state index contributed by atoms with van der Waals surface area (Å²) in [7, 11) is 0.382. The van der Waals surface area contributed by atoms with Crippen molar-refractivity contribution in [1.29, 1.82) is 0 Å². The molecule has 0 saturated heterocycles. The van der Waals surface area contributed by atoms with Crippen LogP contribution in [0.25, 0.3) is 0 Å². The average molecular weight is 335 g/mol. The fraction of sp³-hybridized carbons (Fsp3) is 0.625. The van der Waals surface area contributed by atoms with Gasteiger partial charge in [0.05, 0.1) is 21.3 Å². The lowest BCUT2D eigenvalue weighted by atomic mass is 9.99. The van der Waals surface area contributed by atoms with E-state index in [1.54, 1.807) is 24.3 Å². The quantitative estimate of drug-likeness (QED) is 0.779. The van der Waals surface area contributed by atoms with Gasteiger partial charge < -0.3 is 0 Å². The van der Waals surface area contributed by atoms with E-state index >= 15 is 0 Å². The molecule has 1 aromatic carbocycles. The molecule has 0 heterocycles. The van der Waals surface area contributed by atoms with Crippen LogP contribution in [0.1, 0.15) is 57.4 Å². The molecule has 0 saturated carbocycles. The van der Waals surface area contributed by atoms with Crippen LogP contribution in [0.4, 0.5) is 13.2 Å². The van der Waals surface area contributed by atoms with Crippen LogP contribution >= 0.6 is 0 Å². The van der Waals surface area contributed by atoms with E-state index in [0.29, 0.717) is 17.5 Å². The fourth-order valence-corrected chi connectivity index (χ4v) is 3.39. The Kier molecular flexibility index (Phi) is 5.84. The summed E-state index contributed by atoms with van der Waals surface area (Å²) in [5.74, 6) is 0. The Morgan fingerprint density at radius 1 is 1.18 bits per heavy atom. The monoisotopic (exact) mass is 335 g/mol.